The van der Waals surface area contributed by atoms with Crippen molar-refractivity contribution in [3.05, 3.63) is 0 Å². The Morgan fingerprint density at radius 1 is 1.28 bits per heavy atom. The van der Waals surface area contributed by atoms with Gasteiger partial charge in [-0.1, -0.05) is 32.1 Å². The maximum Gasteiger partial charge on any atom is 0.289 e. The van der Waals surface area contributed by atoms with E-state index in [2.05, 4.69) is 10.0 Å². The lowest BCUT2D eigenvalue weighted by atomic mass is 9.85. The Morgan fingerprint density at radius 2 is 1.94 bits per heavy atom. The second-order valence-electron chi connectivity index (χ2n) is 5.37. The van der Waals surface area contributed by atoms with E-state index in [1.54, 1.807) is 0 Å². The molecule has 3 N–H and O–H groups in total. The molecule has 2 aliphatic rings. The highest BCUT2D eigenvalue weighted by Crippen LogP contribution is 2.27. The van der Waals surface area contributed by atoms with E-state index in [9.17, 15) is 9.90 Å². The predicted octanol–water partition coefficient (Wildman–Crippen LogP) is 0.570. The van der Waals surface area contributed by atoms with Gasteiger partial charge in [0.1, 0.15) is 28.7 Å². The fraction of sp³-hybridized carbons (Fsp3) is 0.923. The molecule has 1 aliphatic carbocycles. The molecule has 0 aromatic carbocycles. The van der Waals surface area contributed by atoms with Crippen LogP contribution < -0.4 is 10.0 Å². The van der Waals surface area contributed by atoms with Gasteiger partial charge in [-0.15, -0.1) is 0 Å². The molecule has 0 unspecified atom stereocenters. The molecule has 1 saturated carbocycles. The van der Waals surface area contributed by atoms with Crippen molar-refractivity contribution in [1.82, 2.24) is 10.0 Å². The van der Waals surface area contributed by atoms with Crippen LogP contribution in [0.25, 0.3) is 0 Å². The van der Waals surface area contributed by atoms with Crippen LogP contribution in [0.15, 0.2) is 0 Å². The summed E-state index contributed by atoms with van der Waals surface area (Å²) >= 11 is -0.0239. The van der Waals surface area contributed by atoms with Crippen molar-refractivity contribution in [3.8, 4) is 0 Å². The molecule has 1 saturated heterocycles. The summed E-state index contributed by atoms with van der Waals surface area (Å²) in [6.45, 7) is 1.95. The summed E-state index contributed by atoms with van der Waals surface area (Å²) in [7, 11) is 0. The van der Waals surface area contributed by atoms with E-state index in [0.717, 1.165) is 24.6 Å². The van der Waals surface area contributed by atoms with Crippen LogP contribution in [0.4, 0.5) is 0 Å². The maximum atomic E-state index is 11.9. The zero-order valence-corrected chi connectivity index (χ0v) is 11.8. The maximum absolute atomic E-state index is 11.9. The van der Waals surface area contributed by atoms with Gasteiger partial charge < -0.3 is 10.4 Å². The monoisotopic (exact) mass is 273 g/mol. The fourth-order valence-corrected chi connectivity index (χ4v) is 4.39. The van der Waals surface area contributed by atoms with Gasteiger partial charge in [-0.25, -0.2) is 0 Å². The predicted molar refractivity (Wildman–Crippen MR) is 75.3 cm³/mol. The van der Waals surface area contributed by atoms with Gasteiger partial charge in [0.25, 0.3) is 5.91 Å². The molecule has 4 nitrogen and oxygen atoms in total. The van der Waals surface area contributed by atoms with Crippen LogP contribution in [-0.2, 0) is 15.9 Å². The molecule has 5 heteroatoms. The number of hydrogen-bond donors (Lipinski definition) is 3. The third kappa shape index (κ3) is 4.44. The van der Waals surface area contributed by atoms with Gasteiger partial charge in [-0.05, 0) is 12.3 Å². The normalized spacial score (nSPS) is 24.7. The van der Waals surface area contributed by atoms with Gasteiger partial charge in [0.2, 0.25) is 0 Å². The number of nitrogens with one attached hydrogen (secondary N) is 2. The van der Waals surface area contributed by atoms with Crippen molar-refractivity contribution in [2.45, 2.75) is 44.6 Å². The van der Waals surface area contributed by atoms with Crippen LogP contribution in [-0.4, -0.2) is 41.7 Å². The lowest BCUT2D eigenvalue weighted by Crippen LogP contribution is -2.48. The number of carbonyl (C=O) groups is 1. The summed E-state index contributed by atoms with van der Waals surface area (Å²) in [4.78, 5) is 11.9. The number of aliphatic hydroxyl groups excluding tert-OH is 1. The van der Waals surface area contributed by atoms with Gasteiger partial charge in [-0.2, -0.15) is 4.72 Å². The van der Waals surface area contributed by atoms with Crippen LogP contribution in [0.1, 0.15) is 38.5 Å². The van der Waals surface area contributed by atoms with Gasteiger partial charge in [0.05, 0.1) is 0 Å². The zero-order chi connectivity index (χ0) is 12.8. The summed E-state index contributed by atoms with van der Waals surface area (Å²) in [6.07, 6.45) is 6.05. The lowest BCUT2D eigenvalue weighted by Gasteiger charge is -2.23. The van der Waals surface area contributed by atoms with Crippen molar-refractivity contribution in [2.24, 2.45) is 5.92 Å². The van der Waals surface area contributed by atoms with Crippen molar-refractivity contribution < 1.29 is 9.90 Å². The first kappa shape index (κ1) is 14.2. The molecule has 1 atom stereocenters. The zero-order valence-electron chi connectivity index (χ0n) is 11.0. The first-order valence-electron chi connectivity index (χ1n) is 7.12. The minimum absolute atomic E-state index is 0.0239. The number of carbonyl (C=O) groups excluding carboxylic acids is 1. The number of rotatable bonds is 4. The second-order valence-corrected chi connectivity index (χ2v) is 7.38. The Kier molecular flexibility index (Phi) is 5.79. The summed E-state index contributed by atoms with van der Waals surface area (Å²) in [5.41, 5.74) is 0. The summed E-state index contributed by atoms with van der Waals surface area (Å²) < 4.78 is 3.01. The highest BCUT2D eigenvalue weighted by molar-refractivity contribution is 7.95. The first-order valence-corrected chi connectivity index (χ1v) is 8.69. The SMILES string of the molecule is O=C(N[S+]1CCNCC1)[C@@H](O)CC1CCCCC1. The molecule has 2 fully saturated rings. The average Bonchev–Trinajstić information content (AvgIpc) is 2.41. The van der Waals surface area contributed by atoms with Gasteiger partial charge in [-0.3, -0.25) is 4.79 Å². The van der Waals surface area contributed by atoms with Crippen LogP contribution in [0.5, 0.6) is 0 Å². The van der Waals surface area contributed by atoms with Crippen molar-refractivity contribution in [3.63, 3.8) is 0 Å². The molecule has 104 valence electrons. The average molecular weight is 273 g/mol. The van der Waals surface area contributed by atoms with Gasteiger partial charge >= 0.3 is 0 Å². The van der Waals surface area contributed by atoms with Crippen molar-refractivity contribution in [1.29, 1.82) is 0 Å². The molecule has 1 aliphatic heterocycles. The molecular formula is C13H25N2O2S+. The molecule has 0 aromatic heterocycles. The van der Waals surface area contributed by atoms with Crippen LogP contribution in [0, 0.1) is 5.92 Å². The van der Waals surface area contributed by atoms with Gasteiger partial charge in [0.15, 0.2) is 0 Å². The molecule has 0 bridgehead atoms. The largest absolute Gasteiger partial charge is 0.383 e. The van der Waals surface area contributed by atoms with E-state index >= 15 is 0 Å². The minimum Gasteiger partial charge on any atom is -0.383 e. The van der Waals surface area contributed by atoms with Crippen molar-refractivity contribution in [2.75, 3.05) is 24.6 Å². The Balaban J connectivity index is 1.69. The Labute approximate surface area is 112 Å². The molecule has 2 rings (SSSR count). The van der Waals surface area contributed by atoms with E-state index in [1.807, 2.05) is 0 Å². The molecule has 0 radical (unpaired) electrons. The first-order chi connectivity index (χ1) is 8.75. The Morgan fingerprint density at radius 3 is 2.61 bits per heavy atom. The standard InChI is InChI=1S/C13H24N2O2S/c16-12(10-11-4-2-1-3-5-11)13(17)15-18-8-6-14-7-9-18/h11-12,14,16H,1-10H2/p+1/t12-/m0/s1. The third-order valence-electron chi connectivity index (χ3n) is 3.88. The highest BCUT2D eigenvalue weighted by atomic mass is 32.2. The summed E-state index contributed by atoms with van der Waals surface area (Å²) in [5, 5.41) is 13.3. The minimum atomic E-state index is -0.796. The summed E-state index contributed by atoms with van der Waals surface area (Å²) in [5.74, 6) is 2.41. The molecule has 0 aromatic rings. The Bertz CT molecular complexity index is 264. The van der Waals surface area contributed by atoms with Gasteiger partial charge in [0, 0.05) is 13.1 Å². The summed E-state index contributed by atoms with van der Waals surface area (Å²) in [6, 6.07) is 0. The lowest BCUT2D eigenvalue weighted by molar-refractivity contribution is -0.128. The fourth-order valence-electron chi connectivity index (χ4n) is 2.78. The van der Waals surface area contributed by atoms with Crippen LogP contribution in [0.2, 0.25) is 0 Å². The smallest absolute Gasteiger partial charge is 0.289 e. The van der Waals surface area contributed by atoms with Crippen LogP contribution in [0.3, 0.4) is 0 Å². The highest BCUT2D eigenvalue weighted by Gasteiger charge is 2.29. The molecule has 1 heterocycles. The second kappa shape index (κ2) is 7.36. The van der Waals surface area contributed by atoms with E-state index < -0.39 is 6.10 Å². The number of amides is 1. The van der Waals surface area contributed by atoms with Crippen molar-refractivity contribution >= 4 is 17.0 Å². The van der Waals surface area contributed by atoms with E-state index in [0.29, 0.717) is 12.3 Å². The van der Waals surface area contributed by atoms with E-state index in [1.165, 1.54) is 32.1 Å². The molecule has 18 heavy (non-hydrogen) atoms. The van der Waals surface area contributed by atoms with E-state index in [4.69, 9.17) is 0 Å². The number of hydrogen-bond acceptors (Lipinski definition) is 3. The number of aliphatic hydroxyl groups is 1. The quantitative estimate of drug-likeness (QED) is 0.656. The molecule has 0 spiro atoms. The molecular weight excluding hydrogens is 248 g/mol. The van der Waals surface area contributed by atoms with E-state index in [-0.39, 0.29) is 17.0 Å². The third-order valence-corrected chi connectivity index (χ3v) is 5.76. The Hall–Kier alpha value is -0.260. The van der Waals surface area contributed by atoms with Crippen LogP contribution >= 0.6 is 0 Å². The topological polar surface area (TPSA) is 61.4 Å². The molecule has 1 amide bonds.